The molecule has 3 rings (SSSR count). The summed E-state index contributed by atoms with van der Waals surface area (Å²) in [5.41, 5.74) is 1.82. The van der Waals surface area contributed by atoms with Crippen molar-refractivity contribution in [3.63, 3.8) is 0 Å². The number of furan rings is 1. The Hall–Kier alpha value is -3.12. The van der Waals surface area contributed by atoms with Crippen LogP contribution in [0.25, 0.3) is 6.08 Å². The molecule has 0 aliphatic carbocycles. The first-order valence-electron chi connectivity index (χ1n) is 9.30. The van der Waals surface area contributed by atoms with E-state index in [0.717, 1.165) is 10.4 Å². The molecule has 0 aliphatic heterocycles. The molecule has 2 N–H and O–H groups in total. The molecule has 2 heterocycles. The number of carbonyl (C=O) groups is 2. The minimum absolute atomic E-state index is 0.00494. The molecule has 2 amide bonds. The average Bonchev–Trinajstić information content (AvgIpc) is 3.39. The van der Waals surface area contributed by atoms with Crippen LogP contribution in [0.1, 0.15) is 47.3 Å². The average molecular weight is 409 g/mol. The Balaban J connectivity index is 1.75. The van der Waals surface area contributed by atoms with E-state index in [1.807, 2.05) is 29.6 Å². The second-order valence-electron chi connectivity index (χ2n) is 7.62. The summed E-state index contributed by atoms with van der Waals surface area (Å²) in [6.45, 7) is 6.59. The highest BCUT2D eigenvalue weighted by molar-refractivity contribution is 7.10. The third-order valence-electron chi connectivity index (χ3n) is 4.34. The van der Waals surface area contributed by atoms with Gasteiger partial charge in [-0.3, -0.25) is 9.59 Å². The van der Waals surface area contributed by atoms with Crippen molar-refractivity contribution >= 4 is 29.2 Å². The van der Waals surface area contributed by atoms with Gasteiger partial charge in [0.15, 0.2) is 0 Å². The van der Waals surface area contributed by atoms with Gasteiger partial charge in [-0.25, -0.2) is 0 Å². The highest BCUT2D eigenvalue weighted by Gasteiger charge is 2.17. The summed E-state index contributed by atoms with van der Waals surface area (Å²) in [7, 11) is 0. The van der Waals surface area contributed by atoms with E-state index < -0.39 is 0 Å². The van der Waals surface area contributed by atoms with Gasteiger partial charge >= 0.3 is 0 Å². The topological polar surface area (TPSA) is 71.3 Å². The first-order valence-corrected chi connectivity index (χ1v) is 10.2. The number of nitrogens with one attached hydrogen (secondary N) is 2. The number of carbonyl (C=O) groups excluding carboxylic acids is 2. The van der Waals surface area contributed by atoms with Crippen LogP contribution in [-0.4, -0.2) is 11.8 Å². The van der Waals surface area contributed by atoms with E-state index in [1.165, 1.54) is 11.3 Å². The Morgan fingerprint density at radius 1 is 1.07 bits per heavy atom. The van der Waals surface area contributed by atoms with E-state index in [-0.39, 0.29) is 29.5 Å². The standard InChI is InChI=1S/C23H24N2O3S/c1-23(2,3)17-10-8-16(9-11-17)21(26)25-20(14-19-7-5-13-29-19)22(27)24-15-18-6-4-12-28-18/h4-14H,15H2,1-3H3,(H,24,27)(H,25,26)/b20-14-. The monoisotopic (exact) mass is 408 g/mol. The van der Waals surface area contributed by atoms with E-state index >= 15 is 0 Å². The van der Waals surface area contributed by atoms with Crippen LogP contribution >= 0.6 is 11.3 Å². The van der Waals surface area contributed by atoms with E-state index in [0.29, 0.717) is 11.3 Å². The number of thiophene rings is 1. The summed E-state index contributed by atoms with van der Waals surface area (Å²) in [6, 6.07) is 14.7. The van der Waals surface area contributed by atoms with Gasteiger partial charge in [-0.15, -0.1) is 11.3 Å². The maximum Gasteiger partial charge on any atom is 0.268 e. The SMILES string of the molecule is CC(C)(C)c1ccc(C(=O)N/C(=C\c2cccs2)C(=O)NCc2ccco2)cc1. The van der Waals surface area contributed by atoms with Gasteiger partial charge in [0.05, 0.1) is 12.8 Å². The lowest BCUT2D eigenvalue weighted by atomic mass is 9.87. The van der Waals surface area contributed by atoms with Crippen LogP contribution in [0.3, 0.4) is 0 Å². The van der Waals surface area contributed by atoms with E-state index in [2.05, 4.69) is 31.4 Å². The van der Waals surface area contributed by atoms with Crippen LogP contribution in [-0.2, 0) is 16.8 Å². The molecular weight excluding hydrogens is 384 g/mol. The quantitative estimate of drug-likeness (QED) is 0.580. The summed E-state index contributed by atoms with van der Waals surface area (Å²) < 4.78 is 5.24. The summed E-state index contributed by atoms with van der Waals surface area (Å²) >= 11 is 1.49. The fourth-order valence-corrected chi connectivity index (χ4v) is 3.32. The molecule has 3 aromatic rings. The van der Waals surface area contributed by atoms with Crippen LogP contribution in [0.15, 0.2) is 70.3 Å². The highest BCUT2D eigenvalue weighted by atomic mass is 32.1. The van der Waals surface area contributed by atoms with Gasteiger partial charge in [-0.2, -0.15) is 0 Å². The van der Waals surface area contributed by atoms with Crippen LogP contribution in [0.2, 0.25) is 0 Å². The minimum Gasteiger partial charge on any atom is -0.467 e. The molecule has 1 aromatic carbocycles. The molecule has 0 aliphatic rings. The summed E-state index contributed by atoms with van der Waals surface area (Å²) in [5.74, 6) is -0.0752. The van der Waals surface area contributed by atoms with Gasteiger partial charge in [0, 0.05) is 10.4 Å². The van der Waals surface area contributed by atoms with Crippen LogP contribution < -0.4 is 10.6 Å². The maximum atomic E-state index is 12.7. The van der Waals surface area contributed by atoms with E-state index in [9.17, 15) is 9.59 Å². The third kappa shape index (κ3) is 5.68. The second kappa shape index (κ2) is 8.92. The Labute approximate surface area is 174 Å². The molecule has 0 spiro atoms. The third-order valence-corrected chi connectivity index (χ3v) is 5.16. The van der Waals surface area contributed by atoms with Crippen LogP contribution in [0.4, 0.5) is 0 Å². The number of amides is 2. The molecule has 29 heavy (non-hydrogen) atoms. The van der Waals surface area contributed by atoms with E-state index in [4.69, 9.17) is 4.42 Å². The Morgan fingerprint density at radius 2 is 1.83 bits per heavy atom. The Bertz CT molecular complexity index is 980. The van der Waals surface area contributed by atoms with Crippen molar-refractivity contribution in [1.29, 1.82) is 0 Å². The first-order chi connectivity index (χ1) is 13.8. The van der Waals surface area contributed by atoms with Gasteiger partial charge in [-0.05, 0) is 52.8 Å². The molecule has 5 nitrogen and oxygen atoms in total. The lowest BCUT2D eigenvalue weighted by Crippen LogP contribution is -2.34. The molecule has 0 fully saturated rings. The van der Waals surface area contributed by atoms with E-state index in [1.54, 1.807) is 36.6 Å². The van der Waals surface area contributed by atoms with Crippen molar-refractivity contribution < 1.29 is 14.0 Å². The lowest BCUT2D eigenvalue weighted by molar-refractivity contribution is -0.118. The zero-order valence-electron chi connectivity index (χ0n) is 16.7. The molecule has 0 atom stereocenters. The smallest absolute Gasteiger partial charge is 0.268 e. The predicted octanol–water partition coefficient (Wildman–Crippen LogP) is 4.73. The minimum atomic E-state index is -0.380. The van der Waals surface area contributed by atoms with Crippen molar-refractivity contribution in [3.8, 4) is 0 Å². The number of benzene rings is 1. The second-order valence-corrected chi connectivity index (χ2v) is 8.60. The van der Waals surface area contributed by atoms with Crippen molar-refractivity contribution in [1.82, 2.24) is 10.6 Å². The van der Waals surface area contributed by atoms with Crippen molar-refractivity contribution in [3.05, 3.63) is 87.6 Å². The zero-order chi connectivity index (χ0) is 20.9. The molecule has 2 aromatic heterocycles. The van der Waals surface area contributed by atoms with Gasteiger partial charge in [0.25, 0.3) is 11.8 Å². The normalized spacial score (nSPS) is 11.9. The van der Waals surface area contributed by atoms with Gasteiger partial charge in [0.2, 0.25) is 0 Å². The summed E-state index contributed by atoms with van der Waals surface area (Å²) in [4.78, 5) is 26.3. The molecule has 0 unspecified atom stereocenters. The molecular formula is C23H24N2O3S. The molecule has 0 radical (unpaired) electrons. The molecule has 0 saturated heterocycles. The summed E-state index contributed by atoms with van der Waals surface area (Å²) in [5, 5.41) is 7.43. The highest BCUT2D eigenvalue weighted by Crippen LogP contribution is 2.22. The van der Waals surface area contributed by atoms with Crippen molar-refractivity contribution in [2.24, 2.45) is 0 Å². The largest absolute Gasteiger partial charge is 0.467 e. The van der Waals surface area contributed by atoms with Crippen LogP contribution in [0.5, 0.6) is 0 Å². The van der Waals surface area contributed by atoms with Gasteiger partial charge in [0.1, 0.15) is 11.5 Å². The first kappa shape index (κ1) is 20.6. The molecule has 150 valence electrons. The Morgan fingerprint density at radius 3 is 2.41 bits per heavy atom. The van der Waals surface area contributed by atoms with Crippen LogP contribution in [0, 0.1) is 0 Å². The predicted molar refractivity (Wildman–Crippen MR) is 115 cm³/mol. The van der Waals surface area contributed by atoms with Gasteiger partial charge in [-0.1, -0.05) is 39.0 Å². The lowest BCUT2D eigenvalue weighted by Gasteiger charge is -2.19. The number of rotatable bonds is 6. The molecule has 0 bridgehead atoms. The molecule has 0 saturated carbocycles. The Kier molecular flexibility index (Phi) is 6.34. The van der Waals surface area contributed by atoms with Crippen molar-refractivity contribution in [2.45, 2.75) is 32.7 Å². The van der Waals surface area contributed by atoms with Crippen molar-refractivity contribution in [2.75, 3.05) is 0 Å². The van der Waals surface area contributed by atoms with Gasteiger partial charge < -0.3 is 15.1 Å². The molecule has 6 heteroatoms. The number of hydrogen-bond acceptors (Lipinski definition) is 4. The fraction of sp³-hybridized carbons (Fsp3) is 0.217. The number of hydrogen-bond donors (Lipinski definition) is 2. The maximum absolute atomic E-state index is 12.7. The zero-order valence-corrected chi connectivity index (χ0v) is 17.5. The fourth-order valence-electron chi connectivity index (χ4n) is 2.67. The summed E-state index contributed by atoms with van der Waals surface area (Å²) in [6.07, 6.45) is 3.22.